The number of amides is 1. The second kappa shape index (κ2) is 15.0. The Morgan fingerprint density at radius 1 is 0.955 bits per heavy atom. The van der Waals surface area contributed by atoms with Crippen LogP contribution in [0.1, 0.15) is 34.8 Å². The second-order valence-electron chi connectivity index (χ2n) is 10.5. The Hall–Kier alpha value is -4.18. The van der Waals surface area contributed by atoms with Crippen LogP contribution in [0.25, 0.3) is 0 Å². The molecule has 4 aromatic rings. The number of nitrogens with one attached hydrogen (secondary N) is 2. The Bertz CT molecular complexity index is 1550. The van der Waals surface area contributed by atoms with Crippen LogP contribution in [0.5, 0.6) is 11.5 Å². The summed E-state index contributed by atoms with van der Waals surface area (Å²) in [6.07, 6.45) is 0.845. The molecule has 0 spiro atoms. The molecule has 0 saturated heterocycles. The maximum absolute atomic E-state index is 14.3. The van der Waals surface area contributed by atoms with Gasteiger partial charge in [0, 0.05) is 36.0 Å². The summed E-state index contributed by atoms with van der Waals surface area (Å²) in [7, 11) is 1.61. The van der Waals surface area contributed by atoms with E-state index in [1.54, 1.807) is 7.11 Å². The SMILES string of the molecule is COc1cccc([C@@H]2OC(c3ccc(OCCCO)cc3)=N[C@]2(Cc2ccc(Br)cc2)C(=O)NNCCc2ccccc2)c1. The molecule has 0 radical (unpaired) electrons. The average molecular weight is 659 g/mol. The highest BCUT2D eigenvalue weighted by Gasteiger charge is 2.53. The number of benzene rings is 4. The Morgan fingerprint density at radius 2 is 1.73 bits per heavy atom. The number of methoxy groups -OCH3 is 1. The maximum Gasteiger partial charge on any atom is 0.266 e. The topological polar surface area (TPSA) is 101 Å². The Morgan fingerprint density at radius 3 is 2.45 bits per heavy atom. The fourth-order valence-electron chi connectivity index (χ4n) is 5.10. The number of carbonyl (C=O) groups excluding carboxylic acids is 1. The van der Waals surface area contributed by atoms with Crippen molar-refractivity contribution in [3.8, 4) is 11.5 Å². The van der Waals surface area contributed by atoms with E-state index in [4.69, 9.17) is 24.3 Å². The molecule has 0 bridgehead atoms. The van der Waals surface area contributed by atoms with Crippen molar-refractivity contribution in [2.24, 2.45) is 4.99 Å². The van der Waals surface area contributed by atoms with Gasteiger partial charge in [-0.1, -0.05) is 70.5 Å². The van der Waals surface area contributed by atoms with E-state index in [1.807, 2.05) is 91.0 Å². The molecule has 0 saturated carbocycles. The summed E-state index contributed by atoms with van der Waals surface area (Å²) in [5, 5.41) is 9.06. The molecule has 228 valence electrons. The number of hydrogen-bond acceptors (Lipinski definition) is 7. The van der Waals surface area contributed by atoms with Gasteiger partial charge in [0.1, 0.15) is 11.5 Å². The number of aliphatic hydroxyl groups is 1. The zero-order valence-corrected chi connectivity index (χ0v) is 26.1. The molecular formula is C35H36BrN3O5. The minimum Gasteiger partial charge on any atom is -0.497 e. The molecule has 0 unspecified atom stereocenters. The van der Waals surface area contributed by atoms with Crippen LogP contribution >= 0.6 is 15.9 Å². The largest absolute Gasteiger partial charge is 0.497 e. The molecule has 8 nitrogen and oxygen atoms in total. The standard InChI is InChI=1S/C35H36BrN3O5/c1-42-31-10-5-9-28(23-31)32-35(24-26-11-15-29(36)16-12-26,34(41)39-37-20-19-25-7-3-2-4-8-25)38-33(44-32)27-13-17-30(18-14-27)43-22-6-21-40/h2-5,7-18,23,32,37,40H,6,19-22,24H2,1H3,(H,39,41)/t32-,35-/m0/s1. The number of nitrogens with zero attached hydrogens (tertiary/aromatic N) is 1. The quantitative estimate of drug-likeness (QED) is 0.121. The monoisotopic (exact) mass is 657 g/mol. The van der Waals surface area contributed by atoms with Gasteiger partial charge in [-0.05, 0) is 71.6 Å². The van der Waals surface area contributed by atoms with Crippen LogP contribution in [0.15, 0.2) is 113 Å². The molecule has 0 aliphatic carbocycles. The Kier molecular flexibility index (Phi) is 10.7. The van der Waals surface area contributed by atoms with Crippen LogP contribution in [-0.2, 0) is 22.4 Å². The van der Waals surface area contributed by atoms with E-state index in [9.17, 15) is 4.79 Å². The highest BCUT2D eigenvalue weighted by atomic mass is 79.9. The minimum absolute atomic E-state index is 0.0675. The number of halogens is 1. The van der Waals surface area contributed by atoms with Crippen molar-refractivity contribution < 1.29 is 24.1 Å². The first-order valence-electron chi connectivity index (χ1n) is 14.6. The van der Waals surface area contributed by atoms with Crippen molar-refractivity contribution in [3.05, 3.63) is 130 Å². The molecule has 1 amide bonds. The molecule has 2 atom stereocenters. The number of carbonyl (C=O) groups is 1. The summed E-state index contributed by atoms with van der Waals surface area (Å²) in [6, 6.07) is 32.9. The van der Waals surface area contributed by atoms with Gasteiger partial charge in [-0.2, -0.15) is 0 Å². The lowest BCUT2D eigenvalue weighted by atomic mass is 9.82. The zero-order valence-electron chi connectivity index (χ0n) is 24.5. The van der Waals surface area contributed by atoms with Gasteiger partial charge in [-0.15, -0.1) is 0 Å². The number of hydrazine groups is 1. The van der Waals surface area contributed by atoms with Crippen LogP contribution in [0.3, 0.4) is 0 Å². The second-order valence-corrected chi connectivity index (χ2v) is 11.4. The van der Waals surface area contributed by atoms with Gasteiger partial charge in [0.2, 0.25) is 5.90 Å². The van der Waals surface area contributed by atoms with E-state index >= 15 is 0 Å². The first-order valence-corrected chi connectivity index (χ1v) is 15.4. The molecule has 44 heavy (non-hydrogen) atoms. The number of rotatable bonds is 14. The van der Waals surface area contributed by atoms with Crippen molar-refractivity contribution in [1.82, 2.24) is 10.9 Å². The number of hydrogen-bond donors (Lipinski definition) is 3. The summed E-state index contributed by atoms with van der Waals surface area (Å²) in [5.41, 5.74) is 8.31. The van der Waals surface area contributed by atoms with E-state index in [-0.39, 0.29) is 12.5 Å². The van der Waals surface area contributed by atoms with Gasteiger partial charge in [0.05, 0.1) is 13.7 Å². The lowest BCUT2D eigenvalue weighted by Crippen LogP contribution is -2.54. The van der Waals surface area contributed by atoms with Crippen LogP contribution in [0, 0.1) is 0 Å². The maximum atomic E-state index is 14.3. The molecule has 0 aromatic heterocycles. The predicted octanol–water partition coefficient (Wildman–Crippen LogP) is 5.58. The molecule has 1 aliphatic rings. The third-order valence-electron chi connectivity index (χ3n) is 7.40. The minimum atomic E-state index is -1.34. The first kappa shape index (κ1) is 31.3. The van der Waals surface area contributed by atoms with E-state index in [2.05, 4.69) is 38.9 Å². The fourth-order valence-corrected chi connectivity index (χ4v) is 5.37. The van der Waals surface area contributed by atoms with Gasteiger partial charge in [-0.25, -0.2) is 10.4 Å². The zero-order chi connectivity index (χ0) is 30.8. The highest BCUT2D eigenvalue weighted by molar-refractivity contribution is 9.10. The van der Waals surface area contributed by atoms with Crippen molar-refractivity contribution in [1.29, 1.82) is 0 Å². The number of aliphatic hydroxyl groups excluding tert-OH is 1. The summed E-state index contributed by atoms with van der Waals surface area (Å²) in [5.74, 6) is 1.38. The first-order chi connectivity index (χ1) is 21.5. The summed E-state index contributed by atoms with van der Waals surface area (Å²) in [6.45, 7) is 1.03. The average Bonchev–Trinajstić information content (AvgIpc) is 3.45. The van der Waals surface area contributed by atoms with Crippen molar-refractivity contribution in [2.75, 3.05) is 26.9 Å². The normalized spacial score (nSPS) is 17.4. The van der Waals surface area contributed by atoms with Crippen molar-refractivity contribution in [2.45, 2.75) is 30.9 Å². The molecule has 3 N–H and O–H groups in total. The summed E-state index contributed by atoms with van der Waals surface area (Å²) >= 11 is 3.51. The van der Waals surface area contributed by atoms with Crippen LogP contribution in [-0.4, -0.2) is 49.3 Å². The van der Waals surface area contributed by atoms with E-state index in [0.29, 0.717) is 43.4 Å². The summed E-state index contributed by atoms with van der Waals surface area (Å²) in [4.78, 5) is 19.4. The highest BCUT2D eigenvalue weighted by Crippen LogP contribution is 2.43. The summed E-state index contributed by atoms with van der Waals surface area (Å²) < 4.78 is 18.8. The lowest BCUT2D eigenvalue weighted by Gasteiger charge is -2.31. The molecule has 1 heterocycles. The third-order valence-corrected chi connectivity index (χ3v) is 7.93. The van der Waals surface area contributed by atoms with Gasteiger partial charge in [0.25, 0.3) is 5.91 Å². The molecule has 0 fully saturated rings. The van der Waals surface area contributed by atoms with Gasteiger partial charge >= 0.3 is 0 Å². The van der Waals surface area contributed by atoms with Gasteiger partial charge < -0.3 is 19.3 Å². The molecular weight excluding hydrogens is 622 g/mol. The third kappa shape index (κ3) is 7.66. The van der Waals surface area contributed by atoms with Gasteiger partial charge in [-0.3, -0.25) is 10.2 Å². The Labute approximate surface area is 266 Å². The lowest BCUT2D eigenvalue weighted by molar-refractivity contribution is -0.130. The molecule has 5 rings (SSSR count). The predicted molar refractivity (Wildman–Crippen MR) is 174 cm³/mol. The van der Waals surface area contributed by atoms with Crippen LogP contribution in [0.4, 0.5) is 0 Å². The van der Waals surface area contributed by atoms with E-state index < -0.39 is 11.6 Å². The smallest absolute Gasteiger partial charge is 0.266 e. The number of ether oxygens (including phenoxy) is 3. The van der Waals surface area contributed by atoms with Crippen LogP contribution < -0.4 is 20.3 Å². The van der Waals surface area contributed by atoms with E-state index in [1.165, 1.54) is 5.56 Å². The molecule has 9 heteroatoms. The number of aliphatic imine (C=N–C) groups is 1. The van der Waals surface area contributed by atoms with Crippen molar-refractivity contribution in [3.63, 3.8) is 0 Å². The van der Waals surface area contributed by atoms with Crippen molar-refractivity contribution >= 4 is 27.7 Å². The van der Waals surface area contributed by atoms with E-state index in [0.717, 1.165) is 27.6 Å². The fraction of sp³-hybridized carbons (Fsp3) is 0.257. The Balaban J connectivity index is 1.49. The van der Waals surface area contributed by atoms with Gasteiger partial charge in [0.15, 0.2) is 11.6 Å². The molecule has 4 aromatic carbocycles. The van der Waals surface area contributed by atoms with Crippen LogP contribution in [0.2, 0.25) is 0 Å². The molecule has 1 aliphatic heterocycles.